The minimum atomic E-state index is -0.257. The third-order valence-corrected chi connectivity index (χ3v) is 7.73. The molecule has 2 aliphatic rings. The molecule has 1 aliphatic heterocycles. The maximum absolute atomic E-state index is 13.2. The third-order valence-electron chi connectivity index (χ3n) is 7.73. The standard InChI is InChI=1S/C27H29N7O2/c1-3-36-25-18(9-6-12-29-25)16(2)21-20-23(33-32-21)30-26(31-24(20)35)34-13-10-27(11-14-34)15-17-7-4-5-8-19(17)22(27)28/h4-9,12,22H,2-3,10-11,13-15,28H2,1H3,(H2,30,31,32,33,35)/t22-/m1/s1. The van der Waals surface area contributed by atoms with Crippen LogP contribution in [-0.2, 0) is 6.42 Å². The summed E-state index contributed by atoms with van der Waals surface area (Å²) < 4.78 is 5.64. The van der Waals surface area contributed by atoms with E-state index < -0.39 is 0 Å². The number of pyridine rings is 1. The quantitative estimate of drug-likeness (QED) is 0.397. The van der Waals surface area contributed by atoms with Crippen LogP contribution in [0.2, 0.25) is 0 Å². The highest BCUT2D eigenvalue weighted by molar-refractivity contribution is 5.93. The molecule has 9 nitrogen and oxygen atoms in total. The Hall–Kier alpha value is -3.98. The van der Waals surface area contributed by atoms with Gasteiger partial charge in [-0.15, -0.1) is 0 Å². The second kappa shape index (κ2) is 8.60. The Bertz CT molecular complexity index is 1510. The van der Waals surface area contributed by atoms with E-state index in [2.05, 4.69) is 55.9 Å². The molecule has 184 valence electrons. The Balaban J connectivity index is 1.26. The van der Waals surface area contributed by atoms with Gasteiger partial charge < -0.3 is 15.4 Å². The molecule has 0 radical (unpaired) electrons. The third kappa shape index (κ3) is 3.50. The summed E-state index contributed by atoms with van der Waals surface area (Å²) in [6.45, 7) is 8.09. The lowest BCUT2D eigenvalue weighted by Crippen LogP contribution is -2.45. The Morgan fingerprint density at radius 2 is 2.06 bits per heavy atom. The van der Waals surface area contributed by atoms with Gasteiger partial charge in [-0.1, -0.05) is 30.8 Å². The number of fused-ring (bicyclic) bond motifs is 2. The smallest absolute Gasteiger partial charge is 0.264 e. The number of hydrogen-bond acceptors (Lipinski definition) is 7. The maximum Gasteiger partial charge on any atom is 0.264 e. The van der Waals surface area contributed by atoms with E-state index in [1.54, 1.807) is 12.3 Å². The van der Waals surface area contributed by atoms with E-state index in [1.807, 2.05) is 13.0 Å². The first-order valence-electron chi connectivity index (χ1n) is 12.3. The fraction of sp³-hybridized carbons (Fsp3) is 0.333. The topological polar surface area (TPSA) is 126 Å². The number of H-pyrrole nitrogens is 2. The summed E-state index contributed by atoms with van der Waals surface area (Å²) in [5.74, 6) is 1.00. The van der Waals surface area contributed by atoms with Crippen LogP contribution in [-0.4, -0.2) is 44.8 Å². The number of aromatic nitrogens is 5. The first-order valence-corrected chi connectivity index (χ1v) is 12.3. The number of benzene rings is 1. The summed E-state index contributed by atoms with van der Waals surface area (Å²) in [6.07, 6.45) is 4.55. The molecular formula is C27H29N7O2. The van der Waals surface area contributed by atoms with Crippen molar-refractivity contribution in [2.24, 2.45) is 11.1 Å². The SMILES string of the molecule is C=C(c1cccnc1OCC)c1n[nH]c2nc(N3CCC4(CC3)Cc3ccccc3[C@H]4N)[nH]c(=O)c12. The zero-order chi connectivity index (χ0) is 24.9. The Labute approximate surface area is 208 Å². The summed E-state index contributed by atoms with van der Waals surface area (Å²) in [5.41, 5.74) is 11.3. The number of nitrogens with zero attached hydrogens (tertiary/aromatic N) is 4. The van der Waals surface area contributed by atoms with Crippen LogP contribution in [0.15, 0.2) is 54.0 Å². The van der Waals surface area contributed by atoms with E-state index in [0.717, 1.165) is 32.4 Å². The predicted molar refractivity (Wildman–Crippen MR) is 139 cm³/mol. The van der Waals surface area contributed by atoms with Crippen molar-refractivity contribution in [2.75, 3.05) is 24.6 Å². The molecule has 1 atom stereocenters. The highest BCUT2D eigenvalue weighted by Gasteiger charge is 2.46. The van der Waals surface area contributed by atoms with Crippen LogP contribution in [0.3, 0.4) is 0 Å². The van der Waals surface area contributed by atoms with E-state index >= 15 is 0 Å². The van der Waals surface area contributed by atoms with Crippen molar-refractivity contribution in [1.82, 2.24) is 25.1 Å². The largest absolute Gasteiger partial charge is 0.478 e. The van der Waals surface area contributed by atoms with Gasteiger partial charge in [0.1, 0.15) is 11.1 Å². The molecule has 1 aliphatic carbocycles. The molecule has 0 bridgehead atoms. The average molecular weight is 484 g/mol. The van der Waals surface area contributed by atoms with Gasteiger partial charge in [0, 0.05) is 36.5 Å². The van der Waals surface area contributed by atoms with E-state index in [0.29, 0.717) is 46.3 Å². The molecule has 1 aromatic carbocycles. The maximum atomic E-state index is 13.2. The van der Waals surface area contributed by atoms with Crippen molar-refractivity contribution >= 4 is 22.6 Å². The fourth-order valence-corrected chi connectivity index (χ4v) is 5.76. The summed E-state index contributed by atoms with van der Waals surface area (Å²) in [7, 11) is 0. The number of aromatic amines is 2. The molecule has 3 aromatic heterocycles. The van der Waals surface area contributed by atoms with Crippen LogP contribution >= 0.6 is 0 Å². The molecule has 1 fully saturated rings. The van der Waals surface area contributed by atoms with E-state index in [-0.39, 0.29) is 17.0 Å². The van der Waals surface area contributed by atoms with Crippen molar-refractivity contribution in [3.05, 3.63) is 81.9 Å². The number of nitrogens with one attached hydrogen (secondary N) is 2. The highest BCUT2D eigenvalue weighted by Crippen LogP contribution is 2.50. The summed E-state index contributed by atoms with van der Waals surface area (Å²) >= 11 is 0. The monoisotopic (exact) mass is 483 g/mol. The van der Waals surface area contributed by atoms with Gasteiger partial charge >= 0.3 is 0 Å². The van der Waals surface area contributed by atoms with Crippen molar-refractivity contribution in [3.8, 4) is 5.88 Å². The van der Waals surface area contributed by atoms with Crippen LogP contribution in [0, 0.1) is 5.41 Å². The second-order valence-corrected chi connectivity index (χ2v) is 9.66. The van der Waals surface area contributed by atoms with Gasteiger partial charge in [0.2, 0.25) is 11.8 Å². The van der Waals surface area contributed by atoms with Gasteiger partial charge in [0.25, 0.3) is 5.56 Å². The molecule has 6 rings (SSSR count). The predicted octanol–water partition coefficient (Wildman–Crippen LogP) is 3.34. The number of anilines is 1. The molecular weight excluding hydrogens is 454 g/mol. The van der Waals surface area contributed by atoms with Crippen molar-refractivity contribution in [1.29, 1.82) is 0 Å². The summed E-state index contributed by atoms with van der Waals surface area (Å²) in [5, 5.41) is 7.69. The summed E-state index contributed by atoms with van der Waals surface area (Å²) in [6, 6.07) is 12.2. The number of rotatable bonds is 5. The molecule has 36 heavy (non-hydrogen) atoms. The fourth-order valence-electron chi connectivity index (χ4n) is 5.76. The highest BCUT2D eigenvalue weighted by atomic mass is 16.5. The Kier molecular flexibility index (Phi) is 5.37. The van der Waals surface area contributed by atoms with Gasteiger partial charge in [-0.3, -0.25) is 14.9 Å². The molecule has 9 heteroatoms. The number of hydrogen-bond donors (Lipinski definition) is 3. The van der Waals surface area contributed by atoms with Crippen molar-refractivity contribution in [3.63, 3.8) is 0 Å². The van der Waals surface area contributed by atoms with Crippen LogP contribution in [0.4, 0.5) is 5.95 Å². The van der Waals surface area contributed by atoms with Gasteiger partial charge in [-0.05, 0) is 54.9 Å². The molecule has 4 heterocycles. The van der Waals surface area contributed by atoms with Crippen LogP contribution in [0.25, 0.3) is 16.6 Å². The molecule has 1 saturated heterocycles. The molecule has 0 saturated carbocycles. The molecule has 0 unspecified atom stereocenters. The van der Waals surface area contributed by atoms with Crippen molar-refractivity contribution in [2.45, 2.75) is 32.2 Å². The zero-order valence-corrected chi connectivity index (χ0v) is 20.3. The Morgan fingerprint density at radius 1 is 1.25 bits per heavy atom. The first-order chi connectivity index (χ1) is 17.5. The van der Waals surface area contributed by atoms with Crippen LogP contribution in [0.1, 0.15) is 48.2 Å². The molecule has 1 spiro atoms. The lowest BCUT2D eigenvalue weighted by Gasteiger charge is -2.42. The van der Waals surface area contributed by atoms with E-state index in [9.17, 15) is 4.79 Å². The lowest BCUT2D eigenvalue weighted by molar-refractivity contribution is 0.187. The number of piperidine rings is 1. The van der Waals surface area contributed by atoms with Gasteiger partial charge in [-0.25, -0.2) is 4.98 Å². The van der Waals surface area contributed by atoms with Crippen LogP contribution < -0.4 is 20.9 Å². The zero-order valence-electron chi connectivity index (χ0n) is 20.3. The second-order valence-electron chi connectivity index (χ2n) is 9.66. The van der Waals surface area contributed by atoms with E-state index in [1.165, 1.54) is 11.1 Å². The van der Waals surface area contributed by atoms with Gasteiger partial charge in [-0.2, -0.15) is 10.1 Å². The first kappa shape index (κ1) is 22.5. The molecule has 0 amide bonds. The minimum absolute atomic E-state index is 0.0422. The molecule has 4 N–H and O–H groups in total. The number of nitrogens with two attached hydrogens (primary N) is 1. The van der Waals surface area contributed by atoms with Gasteiger partial charge in [0.05, 0.1) is 6.61 Å². The van der Waals surface area contributed by atoms with Gasteiger partial charge in [0.15, 0.2) is 5.65 Å². The molecule has 4 aromatic rings. The minimum Gasteiger partial charge on any atom is -0.478 e. The Morgan fingerprint density at radius 3 is 2.83 bits per heavy atom. The lowest BCUT2D eigenvalue weighted by atomic mass is 9.73. The van der Waals surface area contributed by atoms with Crippen LogP contribution in [0.5, 0.6) is 5.88 Å². The average Bonchev–Trinajstić information content (AvgIpc) is 3.44. The van der Waals surface area contributed by atoms with E-state index in [4.69, 9.17) is 15.5 Å². The van der Waals surface area contributed by atoms with Crippen molar-refractivity contribution < 1.29 is 4.74 Å². The summed E-state index contributed by atoms with van der Waals surface area (Å²) in [4.78, 5) is 27.4. The number of ether oxygens (including phenoxy) is 1. The normalized spacial score (nSPS) is 18.5.